The van der Waals surface area contributed by atoms with Crippen molar-refractivity contribution in [3.8, 4) is 22.4 Å². The summed E-state index contributed by atoms with van der Waals surface area (Å²) >= 11 is 6.29. The third kappa shape index (κ3) is 6.19. The third-order valence-electron chi connectivity index (χ3n) is 6.07. The molecule has 0 aliphatic heterocycles. The van der Waals surface area contributed by atoms with Gasteiger partial charge in [-0.05, 0) is 54.3 Å². The van der Waals surface area contributed by atoms with E-state index < -0.39 is 33.9 Å². The van der Waals surface area contributed by atoms with E-state index in [9.17, 15) is 23.1 Å². The maximum Gasteiger partial charge on any atom is 0.322 e. The Kier molecular flexibility index (Phi) is 8.19. The lowest BCUT2D eigenvalue weighted by atomic mass is 10.0. The number of hydrogen-bond acceptors (Lipinski definition) is 6. The maximum absolute atomic E-state index is 13.1. The summed E-state index contributed by atoms with van der Waals surface area (Å²) in [7, 11) is -4.02. The molecule has 0 saturated carbocycles. The summed E-state index contributed by atoms with van der Waals surface area (Å²) in [5.74, 6) is -1.71. The van der Waals surface area contributed by atoms with Crippen molar-refractivity contribution in [3.63, 3.8) is 0 Å². The molecule has 202 valence electrons. The second kappa shape index (κ2) is 11.4. The molecule has 0 aliphatic rings. The third-order valence-corrected chi connectivity index (χ3v) is 7.86. The molecule has 1 heterocycles. The number of aliphatic carboxylic acids is 1. The van der Waals surface area contributed by atoms with Gasteiger partial charge in [0.25, 0.3) is 5.91 Å². The Morgan fingerprint density at radius 2 is 1.54 bits per heavy atom. The Hall–Kier alpha value is -3.99. The summed E-state index contributed by atoms with van der Waals surface area (Å²) < 4.78 is 32.8. The van der Waals surface area contributed by atoms with Crippen LogP contribution in [0.2, 0.25) is 5.02 Å². The number of sulfonamides is 1. The average Bonchev–Trinajstić information content (AvgIpc) is 3.29. The monoisotopic (exact) mass is 567 g/mol. The summed E-state index contributed by atoms with van der Waals surface area (Å²) in [4.78, 5) is 24.4. The van der Waals surface area contributed by atoms with Gasteiger partial charge in [-0.2, -0.15) is 4.72 Å². The van der Waals surface area contributed by atoms with Crippen molar-refractivity contribution in [1.29, 1.82) is 0 Å². The molecule has 3 aromatic carbocycles. The number of aromatic nitrogens is 1. The van der Waals surface area contributed by atoms with E-state index in [-0.39, 0.29) is 10.5 Å². The molecule has 0 unspecified atom stereocenters. The number of anilines is 1. The molecule has 3 N–H and O–H groups in total. The highest BCUT2D eigenvalue weighted by Crippen LogP contribution is 2.32. The van der Waals surface area contributed by atoms with Gasteiger partial charge in [-0.3, -0.25) is 9.59 Å². The lowest BCUT2D eigenvalue weighted by Gasteiger charge is -2.18. The highest BCUT2D eigenvalue weighted by molar-refractivity contribution is 7.89. The number of nitrogens with one attached hydrogen (secondary N) is 2. The molecule has 1 amide bonds. The fourth-order valence-electron chi connectivity index (χ4n) is 3.95. The lowest BCUT2D eigenvalue weighted by molar-refractivity contribution is -0.140. The number of carboxylic acids is 1. The molecule has 1 atom stereocenters. The summed E-state index contributed by atoms with van der Waals surface area (Å²) in [6.07, 6.45) is 0. The fraction of sp³-hybridized carbons (Fsp3) is 0.179. The Morgan fingerprint density at radius 3 is 2.10 bits per heavy atom. The van der Waals surface area contributed by atoms with Gasteiger partial charge in [0, 0.05) is 11.3 Å². The van der Waals surface area contributed by atoms with Crippen molar-refractivity contribution in [2.24, 2.45) is 5.92 Å². The lowest BCUT2D eigenvalue weighted by Crippen LogP contribution is -2.44. The molecule has 4 aromatic rings. The molecular formula is C28H26ClN3O6S. The van der Waals surface area contributed by atoms with Crippen molar-refractivity contribution >= 4 is 39.2 Å². The van der Waals surface area contributed by atoms with Crippen LogP contribution in [-0.4, -0.2) is 36.6 Å². The van der Waals surface area contributed by atoms with Crippen molar-refractivity contribution in [1.82, 2.24) is 9.88 Å². The van der Waals surface area contributed by atoms with E-state index in [0.717, 1.165) is 11.1 Å². The van der Waals surface area contributed by atoms with Crippen LogP contribution in [0.25, 0.3) is 22.4 Å². The zero-order chi connectivity index (χ0) is 28.3. The van der Waals surface area contributed by atoms with Gasteiger partial charge in [0.1, 0.15) is 23.1 Å². The SMILES string of the molecule is Cc1onc(-c2ccccc2Cl)c1C(=O)Nc1ccc(-c2ccc(S(=O)(=O)N[C@H](C(=O)O)C(C)C)cc2)cc1. The number of rotatable bonds is 9. The van der Waals surface area contributed by atoms with Crippen LogP contribution in [0, 0.1) is 12.8 Å². The first-order valence-electron chi connectivity index (χ1n) is 12.0. The number of halogens is 1. The second-order valence-electron chi connectivity index (χ2n) is 9.18. The normalized spacial score (nSPS) is 12.3. The molecule has 0 fully saturated rings. The minimum Gasteiger partial charge on any atom is -0.480 e. The maximum atomic E-state index is 13.1. The quantitative estimate of drug-likeness (QED) is 0.239. The van der Waals surface area contributed by atoms with E-state index in [2.05, 4.69) is 15.2 Å². The van der Waals surface area contributed by atoms with E-state index in [4.69, 9.17) is 16.1 Å². The number of amides is 1. The number of carbonyl (C=O) groups is 2. The Labute approximate surface area is 230 Å². The molecule has 0 radical (unpaired) electrons. The van der Waals surface area contributed by atoms with Crippen LogP contribution < -0.4 is 10.0 Å². The largest absolute Gasteiger partial charge is 0.480 e. The van der Waals surface area contributed by atoms with Gasteiger partial charge >= 0.3 is 5.97 Å². The first kappa shape index (κ1) is 28.0. The summed E-state index contributed by atoms with van der Waals surface area (Å²) in [6.45, 7) is 4.90. The topological polar surface area (TPSA) is 139 Å². The molecule has 4 rings (SSSR count). The van der Waals surface area contributed by atoms with Crippen LogP contribution in [0.1, 0.15) is 30.0 Å². The predicted molar refractivity (Wildman–Crippen MR) is 148 cm³/mol. The zero-order valence-corrected chi connectivity index (χ0v) is 22.9. The first-order chi connectivity index (χ1) is 18.5. The van der Waals surface area contributed by atoms with Gasteiger partial charge in [0.15, 0.2) is 0 Å². The number of nitrogens with zero attached hydrogens (tertiary/aromatic N) is 1. The Balaban J connectivity index is 1.49. The summed E-state index contributed by atoms with van der Waals surface area (Å²) in [6, 6.07) is 18.9. The van der Waals surface area contributed by atoms with Crippen LogP contribution in [0.4, 0.5) is 5.69 Å². The van der Waals surface area contributed by atoms with Crippen LogP contribution in [0.3, 0.4) is 0 Å². The van der Waals surface area contributed by atoms with Crippen molar-refractivity contribution in [2.75, 3.05) is 5.32 Å². The van der Waals surface area contributed by atoms with Crippen LogP contribution in [0.15, 0.2) is 82.2 Å². The first-order valence-corrected chi connectivity index (χ1v) is 13.8. The molecule has 0 saturated heterocycles. The van der Waals surface area contributed by atoms with Crippen molar-refractivity contribution < 1.29 is 27.6 Å². The van der Waals surface area contributed by atoms with E-state index >= 15 is 0 Å². The summed E-state index contributed by atoms with van der Waals surface area (Å²) in [5.41, 5.74) is 3.26. The molecule has 0 spiro atoms. The van der Waals surface area contributed by atoms with Gasteiger partial charge in [0.05, 0.1) is 9.92 Å². The smallest absolute Gasteiger partial charge is 0.322 e. The molecule has 9 nitrogen and oxygen atoms in total. The van der Waals surface area contributed by atoms with Gasteiger partial charge in [-0.25, -0.2) is 8.42 Å². The van der Waals surface area contributed by atoms with E-state index in [1.54, 1.807) is 81.4 Å². The molecule has 0 aliphatic carbocycles. The van der Waals surface area contributed by atoms with E-state index in [0.29, 0.717) is 27.7 Å². The Morgan fingerprint density at radius 1 is 0.949 bits per heavy atom. The minimum absolute atomic E-state index is 0.0413. The molecular weight excluding hydrogens is 542 g/mol. The highest BCUT2D eigenvalue weighted by atomic mass is 35.5. The number of carboxylic acid groups (broad SMARTS) is 1. The van der Waals surface area contributed by atoms with Gasteiger partial charge in [-0.1, -0.05) is 73.1 Å². The van der Waals surface area contributed by atoms with E-state index in [1.807, 2.05) is 0 Å². The number of benzene rings is 3. The fourth-order valence-corrected chi connectivity index (χ4v) is 5.51. The standard InChI is InChI=1S/C28H26ClN3O6S/c1-16(2)25(28(34)35)32-39(36,37)21-14-10-19(11-15-21)18-8-12-20(13-9-18)30-27(33)24-17(3)38-31-26(24)22-6-4-5-7-23(22)29/h4-16,25,32H,1-3H3,(H,30,33)(H,34,35)/t25-/m0/s1. The molecule has 11 heteroatoms. The van der Waals surface area contributed by atoms with Crippen molar-refractivity contribution in [3.05, 3.63) is 89.1 Å². The van der Waals surface area contributed by atoms with Gasteiger partial charge in [0.2, 0.25) is 10.0 Å². The predicted octanol–water partition coefficient (Wildman–Crippen LogP) is 5.61. The highest BCUT2D eigenvalue weighted by Gasteiger charge is 2.28. The van der Waals surface area contributed by atoms with E-state index in [1.165, 1.54) is 12.1 Å². The number of carbonyl (C=O) groups excluding carboxylic acids is 1. The van der Waals surface area contributed by atoms with Crippen LogP contribution >= 0.6 is 11.6 Å². The molecule has 39 heavy (non-hydrogen) atoms. The van der Waals surface area contributed by atoms with Crippen molar-refractivity contribution in [2.45, 2.75) is 31.7 Å². The minimum atomic E-state index is -4.02. The van der Waals surface area contributed by atoms with Crippen LogP contribution in [-0.2, 0) is 14.8 Å². The Bertz CT molecular complexity index is 1610. The molecule has 0 bridgehead atoms. The number of hydrogen-bond donors (Lipinski definition) is 3. The zero-order valence-electron chi connectivity index (χ0n) is 21.3. The summed E-state index contributed by atoms with van der Waals surface area (Å²) in [5, 5.41) is 16.6. The average molecular weight is 568 g/mol. The van der Waals surface area contributed by atoms with Gasteiger partial charge < -0.3 is 14.9 Å². The van der Waals surface area contributed by atoms with Gasteiger partial charge in [-0.15, -0.1) is 0 Å². The number of aryl methyl sites for hydroxylation is 1. The molecule has 1 aromatic heterocycles. The second-order valence-corrected chi connectivity index (χ2v) is 11.3. The van der Waals surface area contributed by atoms with Crippen LogP contribution in [0.5, 0.6) is 0 Å².